The molecule has 1 aliphatic heterocycles. The lowest BCUT2D eigenvalue weighted by Gasteiger charge is -2.22. The fraction of sp³-hybridized carbons (Fsp3) is 0.778. The molecule has 0 fully saturated rings. The number of nitrogens with zero attached hydrogens (tertiary/aromatic N) is 1. The van der Waals surface area contributed by atoms with Gasteiger partial charge in [-0.1, -0.05) is 11.6 Å². The summed E-state index contributed by atoms with van der Waals surface area (Å²) in [6.07, 6.45) is 4.47. The third kappa shape index (κ3) is 2.31. The lowest BCUT2D eigenvalue weighted by molar-refractivity contribution is 0.153. The maximum atomic E-state index is 9.01. The van der Waals surface area contributed by atoms with Crippen molar-refractivity contribution in [3.05, 3.63) is 11.6 Å². The van der Waals surface area contributed by atoms with Crippen LogP contribution in [-0.2, 0) is 0 Å². The van der Waals surface area contributed by atoms with E-state index in [-0.39, 0.29) is 6.61 Å². The van der Waals surface area contributed by atoms with Gasteiger partial charge < -0.3 is 5.11 Å². The van der Waals surface area contributed by atoms with Crippen LogP contribution >= 0.6 is 0 Å². The number of allylic oxidation sites excluding steroid dienone is 1. The van der Waals surface area contributed by atoms with Gasteiger partial charge in [0.2, 0.25) is 0 Å². The van der Waals surface area contributed by atoms with Gasteiger partial charge in [0.05, 0.1) is 6.61 Å². The van der Waals surface area contributed by atoms with Gasteiger partial charge in [-0.2, -0.15) is 0 Å². The van der Waals surface area contributed by atoms with E-state index in [0.29, 0.717) is 6.04 Å². The van der Waals surface area contributed by atoms with E-state index in [9.17, 15) is 0 Å². The average molecular weight is 155 g/mol. The second-order valence-corrected chi connectivity index (χ2v) is 3.37. The first kappa shape index (κ1) is 8.75. The van der Waals surface area contributed by atoms with E-state index in [1.807, 2.05) is 0 Å². The number of aliphatic hydroxyl groups excluding tert-OH is 1. The van der Waals surface area contributed by atoms with E-state index in [4.69, 9.17) is 5.11 Å². The van der Waals surface area contributed by atoms with E-state index in [2.05, 4.69) is 24.9 Å². The maximum Gasteiger partial charge on any atom is 0.0586 e. The van der Waals surface area contributed by atoms with Crippen LogP contribution in [0.5, 0.6) is 0 Å². The first-order valence-electron chi connectivity index (χ1n) is 4.20. The highest BCUT2D eigenvalue weighted by atomic mass is 16.3. The van der Waals surface area contributed by atoms with Crippen molar-refractivity contribution in [2.24, 2.45) is 0 Å². The van der Waals surface area contributed by atoms with E-state index in [0.717, 1.165) is 19.4 Å². The van der Waals surface area contributed by atoms with Crippen molar-refractivity contribution >= 4 is 0 Å². The van der Waals surface area contributed by atoms with Gasteiger partial charge in [-0.15, -0.1) is 0 Å². The van der Waals surface area contributed by atoms with Gasteiger partial charge in [0.15, 0.2) is 0 Å². The molecule has 0 amide bonds. The summed E-state index contributed by atoms with van der Waals surface area (Å²) in [4.78, 5) is 2.20. The molecule has 2 nitrogen and oxygen atoms in total. The Bertz CT molecular complexity index is 154. The normalized spacial score (nSPS) is 27.9. The van der Waals surface area contributed by atoms with Crippen LogP contribution in [-0.4, -0.2) is 36.2 Å². The minimum Gasteiger partial charge on any atom is -0.395 e. The summed E-state index contributed by atoms with van der Waals surface area (Å²) in [5.74, 6) is 0. The molecule has 1 aliphatic rings. The summed E-state index contributed by atoms with van der Waals surface area (Å²) in [6, 6.07) is 0.365. The van der Waals surface area contributed by atoms with E-state index >= 15 is 0 Å². The molecule has 2 heteroatoms. The van der Waals surface area contributed by atoms with Crippen molar-refractivity contribution in [3.63, 3.8) is 0 Å². The Morgan fingerprint density at radius 3 is 3.09 bits per heavy atom. The largest absolute Gasteiger partial charge is 0.395 e. The predicted molar refractivity (Wildman–Crippen MR) is 46.5 cm³/mol. The molecular formula is C9H17NO. The Kier molecular flexibility index (Phi) is 3.09. The molecule has 64 valence electrons. The molecule has 1 rings (SSSR count). The fourth-order valence-corrected chi connectivity index (χ4v) is 1.40. The predicted octanol–water partition coefficient (Wildman–Crippen LogP) is 1.02. The van der Waals surface area contributed by atoms with Crippen molar-refractivity contribution in [2.75, 3.05) is 20.2 Å². The average Bonchev–Trinajstić information content (AvgIpc) is 2.15. The summed E-state index contributed by atoms with van der Waals surface area (Å²) >= 11 is 0. The second-order valence-electron chi connectivity index (χ2n) is 3.37. The van der Waals surface area contributed by atoms with Crippen LogP contribution in [0.25, 0.3) is 0 Å². The highest BCUT2D eigenvalue weighted by Crippen LogP contribution is 2.14. The molecule has 0 spiro atoms. The molecule has 1 N–H and O–H groups in total. The summed E-state index contributed by atoms with van der Waals surface area (Å²) in [7, 11) is 2.07. The van der Waals surface area contributed by atoms with Gasteiger partial charge >= 0.3 is 0 Å². The molecule has 0 radical (unpaired) electrons. The SMILES string of the molecule is CC1=CCN(C)[C@@H](CO)CC1. The monoisotopic (exact) mass is 155 g/mol. The molecule has 0 aliphatic carbocycles. The molecule has 1 atom stereocenters. The lowest BCUT2D eigenvalue weighted by atomic mass is 10.1. The van der Waals surface area contributed by atoms with Crippen LogP contribution in [0.4, 0.5) is 0 Å². The van der Waals surface area contributed by atoms with E-state index in [1.165, 1.54) is 5.57 Å². The maximum absolute atomic E-state index is 9.01. The van der Waals surface area contributed by atoms with E-state index < -0.39 is 0 Å². The van der Waals surface area contributed by atoms with Crippen molar-refractivity contribution < 1.29 is 5.11 Å². The second kappa shape index (κ2) is 3.88. The van der Waals surface area contributed by atoms with Gasteiger partial charge in [-0.25, -0.2) is 0 Å². The van der Waals surface area contributed by atoms with Crippen LogP contribution in [0.2, 0.25) is 0 Å². The standard InChI is InChI=1S/C9H17NO/c1-8-3-4-9(7-11)10(2)6-5-8/h5,9,11H,3-4,6-7H2,1-2H3/t9-/m1/s1. The quantitative estimate of drug-likeness (QED) is 0.571. The molecule has 0 unspecified atom stereocenters. The topological polar surface area (TPSA) is 23.5 Å². The van der Waals surface area contributed by atoms with Crippen LogP contribution in [0.15, 0.2) is 11.6 Å². The van der Waals surface area contributed by atoms with Crippen molar-refractivity contribution in [2.45, 2.75) is 25.8 Å². The molecule has 1 heterocycles. The van der Waals surface area contributed by atoms with Gasteiger partial charge in [-0.3, -0.25) is 4.90 Å². The van der Waals surface area contributed by atoms with Crippen molar-refractivity contribution in [3.8, 4) is 0 Å². The number of hydrogen-bond acceptors (Lipinski definition) is 2. The molecular weight excluding hydrogens is 138 g/mol. The first-order chi connectivity index (χ1) is 5.24. The van der Waals surface area contributed by atoms with Gasteiger partial charge in [-0.05, 0) is 26.8 Å². The zero-order valence-electron chi connectivity index (χ0n) is 7.38. The molecule has 0 saturated heterocycles. The smallest absolute Gasteiger partial charge is 0.0586 e. The molecule has 0 aromatic carbocycles. The minimum absolute atomic E-state index is 0.289. The third-order valence-corrected chi connectivity index (χ3v) is 2.43. The van der Waals surface area contributed by atoms with E-state index in [1.54, 1.807) is 0 Å². The molecule has 0 aromatic rings. The molecule has 0 saturated carbocycles. The summed E-state index contributed by atoms with van der Waals surface area (Å²) in [6.45, 7) is 3.43. The van der Waals surface area contributed by atoms with Gasteiger partial charge in [0.1, 0.15) is 0 Å². The highest BCUT2D eigenvalue weighted by molar-refractivity contribution is 5.02. The number of aliphatic hydroxyl groups is 1. The summed E-state index contributed by atoms with van der Waals surface area (Å²) in [5, 5.41) is 9.01. The van der Waals surface area contributed by atoms with Crippen LogP contribution in [0, 0.1) is 0 Å². The van der Waals surface area contributed by atoms with Crippen LogP contribution < -0.4 is 0 Å². The molecule has 11 heavy (non-hydrogen) atoms. The first-order valence-corrected chi connectivity index (χ1v) is 4.20. The third-order valence-electron chi connectivity index (χ3n) is 2.43. The summed E-state index contributed by atoms with van der Waals surface area (Å²) < 4.78 is 0. The molecule has 0 bridgehead atoms. The van der Waals surface area contributed by atoms with Crippen LogP contribution in [0.1, 0.15) is 19.8 Å². The Labute approximate surface area is 68.5 Å². The Morgan fingerprint density at radius 2 is 2.45 bits per heavy atom. The zero-order valence-corrected chi connectivity index (χ0v) is 7.38. The fourth-order valence-electron chi connectivity index (χ4n) is 1.40. The van der Waals surface area contributed by atoms with Gasteiger partial charge in [0.25, 0.3) is 0 Å². The Balaban J connectivity index is 2.51. The highest BCUT2D eigenvalue weighted by Gasteiger charge is 2.14. The van der Waals surface area contributed by atoms with Gasteiger partial charge in [0, 0.05) is 12.6 Å². The van der Waals surface area contributed by atoms with Crippen molar-refractivity contribution in [1.29, 1.82) is 0 Å². The van der Waals surface area contributed by atoms with Crippen molar-refractivity contribution in [1.82, 2.24) is 4.90 Å². The Hall–Kier alpha value is -0.340. The summed E-state index contributed by atoms with van der Waals surface area (Å²) in [5.41, 5.74) is 1.45. The Morgan fingerprint density at radius 1 is 1.73 bits per heavy atom. The molecule has 0 aromatic heterocycles. The number of likely N-dealkylation sites (N-methyl/N-ethyl adjacent to an activating group) is 1. The lowest BCUT2D eigenvalue weighted by Crippen LogP contribution is -2.33. The number of hydrogen-bond donors (Lipinski definition) is 1. The minimum atomic E-state index is 0.289. The number of rotatable bonds is 1. The zero-order chi connectivity index (χ0) is 8.27. The van der Waals surface area contributed by atoms with Crippen LogP contribution in [0.3, 0.4) is 0 Å².